The third-order valence-electron chi connectivity index (χ3n) is 29.7. The SMILES string of the molecule is C[C@H]1C(=O)C(C#N)=C[C@@]2(C)c3c(c(-c4ccncn4)nn3-c3ccc(-c4ccccc4)nc3)CC[C@H]12.C[C@H]1C(O)=C(C#N)C[C@@]2(C)c3c(c(-c4ccncn4)nn3-c3ccc(-c4ccccc4)nc3)CC[C@H]12.C[C@H]1c2oncc2C[C@@]2(C)C(=O)C(C(=O)c3ccncn3)CC[C@H]12.C[C@H]1c2oncc2C[C@@]2(C)c3c(c(-c4ccncn4)nn3-c3ccc(-c4ccccc4)nc3)CC[C@H]12.[3H][3H].[3H][3H].[3H][3H].[3H][3H].[3H][3H].[3H][3H].[3H][3H].[3H][3H].[3H][3H].[3H][3H].[3H][3H].[3H][3H].[3H][3H].[3H][3H].[3H][3H].[3H][3H].[3H][3H].[3H][3H].[3H][3H].[3H][3H].[3H][3H].[3H][3H].[3H][3H].[3H][3H].[3H][3H].[3H][3H].[3H][3H].[3H][3H].[3H][3H].[3H][3H].[3H][3H].[3H][3H]. The van der Waals surface area contributed by atoms with E-state index in [-0.39, 0.29) is 75.0 Å². The van der Waals surface area contributed by atoms with Crippen LogP contribution in [0.25, 0.3) is 85.0 Å². The third-order valence-corrected chi connectivity index (χ3v) is 29.7. The fourth-order valence-electron chi connectivity index (χ4n) is 23.4. The van der Waals surface area contributed by atoms with Gasteiger partial charge in [0.05, 0.1) is 122 Å². The van der Waals surface area contributed by atoms with Crippen molar-refractivity contribution in [2.45, 2.75) is 154 Å². The minimum atomic E-state index is -0.616. The topological polar surface area (TPSA) is 366 Å². The smallest absolute Gasteiger partial charge is 0.191 e. The highest BCUT2D eigenvalue weighted by molar-refractivity contribution is 6.12. The zero-order valence-electron chi connectivity index (χ0n) is 138. The molecule has 3 aromatic carbocycles. The maximum Gasteiger partial charge on any atom is 0.191 e. The van der Waals surface area contributed by atoms with Crippen LogP contribution in [0.15, 0.2) is 265 Å². The van der Waals surface area contributed by atoms with Crippen molar-refractivity contribution in [1.29, 1.82) is 10.5 Å². The van der Waals surface area contributed by atoms with Gasteiger partial charge >= 0.3 is 0 Å². The van der Waals surface area contributed by atoms with Crippen LogP contribution in [0.3, 0.4) is 0 Å². The van der Waals surface area contributed by atoms with Crippen molar-refractivity contribution in [3.8, 4) is 97.1 Å². The predicted octanol–water partition coefficient (Wildman–Crippen LogP) is 26.5. The Balaban J connectivity index is -0.000000182. The van der Waals surface area contributed by atoms with Gasteiger partial charge in [0.25, 0.3) is 0 Å². The van der Waals surface area contributed by atoms with Gasteiger partial charge in [-0.3, -0.25) is 29.3 Å². The van der Waals surface area contributed by atoms with Gasteiger partial charge in [-0.15, -0.1) is 0 Å². The van der Waals surface area contributed by atoms with Crippen LogP contribution in [-0.4, -0.2) is 117 Å². The Morgan fingerprint density at radius 2 is 0.848 bits per heavy atom. The first-order valence-electron chi connectivity index (χ1n) is 77.1. The summed E-state index contributed by atoms with van der Waals surface area (Å²) >= 11 is 0. The van der Waals surface area contributed by atoms with Gasteiger partial charge in [0.15, 0.2) is 11.6 Å². The lowest BCUT2D eigenvalue weighted by molar-refractivity contribution is -0.139. The molecule has 8 aliphatic carbocycles. The van der Waals surface area contributed by atoms with E-state index in [4.69, 9.17) is 134 Å². The lowest BCUT2D eigenvalue weighted by Crippen LogP contribution is -2.51. The first kappa shape index (κ1) is 55.6. The summed E-state index contributed by atoms with van der Waals surface area (Å²) in [5.41, 5.74) is 21.9. The summed E-state index contributed by atoms with van der Waals surface area (Å²) in [7, 11) is 0. The number of nitrogens with zero attached hydrogens (tertiary/aromatic N) is 21. The average molecular weight is 1940 g/mol. The van der Waals surface area contributed by atoms with Crippen molar-refractivity contribution in [2.75, 3.05) is 0 Å². The molecule has 8 aliphatic rings. The van der Waals surface area contributed by atoms with Gasteiger partial charge in [-0.1, -0.05) is 163 Å². The number of fused-ring (bicyclic) bond motifs is 12. The molecule has 1 N–H and O–H groups in total. The van der Waals surface area contributed by atoms with Gasteiger partial charge in [0, 0.05) is 210 Å². The number of allylic oxidation sites excluding steroid dienone is 4. The molecule has 0 bridgehead atoms. The molecule has 0 saturated heterocycles. The third kappa shape index (κ3) is 14.6. The van der Waals surface area contributed by atoms with E-state index in [1.54, 1.807) is 43.5 Å². The van der Waals surface area contributed by atoms with E-state index >= 15 is 0 Å². The van der Waals surface area contributed by atoms with E-state index in [1.165, 1.54) is 35.7 Å². The van der Waals surface area contributed by atoms with Crippen LogP contribution in [0.4, 0.5) is 0 Å². The molecule has 0 spiro atoms. The number of aliphatic hydroxyl groups is 1. The summed E-state index contributed by atoms with van der Waals surface area (Å²) in [4.78, 5) is 86.9. The van der Waals surface area contributed by atoms with Crippen molar-refractivity contribution in [3.63, 3.8) is 0 Å². The monoisotopic (exact) mass is 1940 g/mol. The number of ketones is 3. The number of rotatable bonds is 11. The minimum Gasteiger partial charge on any atom is -0.511 e. The highest BCUT2D eigenvalue weighted by Gasteiger charge is 2.58. The number of benzene rings is 3. The zero-order valence-corrected chi connectivity index (χ0v) is 74.4. The molecule has 15 aromatic rings. The molecule has 132 heavy (non-hydrogen) atoms. The minimum absolute atomic E-state index is 0.0288. The summed E-state index contributed by atoms with van der Waals surface area (Å²) in [6, 6.07) is 54.3. The number of carbonyl (C=O) groups excluding carboxylic acids is 3. The van der Waals surface area contributed by atoms with E-state index in [0.29, 0.717) is 42.4 Å². The van der Waals surface area contributed by atoms with E-state index < -0.39 is 16.7 Å². The van der Waals surface area contributed by atoms with Crippen molar-refractivity contribution in [1.82, 2.24) is 94.5 Å². The molecule has 1 unspecified atom stereocenters. The van der Waals surface area contributed by atoms with Gasteiger partial charge in [-0.25, -0.2) is 53.9 Å². The number of hydrogen-bond donors (Lipinski definition) is 1. The summed E-state index contributed by atoms with van der Waals surface area (Å²) in [6.07, 6.45) is 32.5. The standard InChI is InChI=1S/2C29H26N6O.C29H24N6O.C18H19N3O3.32H2/c1-18-23-10-9-22-26(25-12-13-30-17-32-25)34-35(28(22)29(23,2)14-20-15-33-36-27(18)20)21-8-11-24(31-16-21)19-6-4-3-5-7-19;2*1-18-23-10-9-22-26(25-12-13-31-17-33-25)34-35(28(22)29(23,2)14-20(15-30)27(18)36)21-8-11-24(32-16-21)19-6-4-3-5-7-19;1-10-13-4-3-12(15(22)14-5-6-19-9-20-14)17(23)18(13,2)7-11-8-21-24-16(10)11;;;;;;;;;;;;;;;;;;;;;;;;;;;;;;;;/h3-8,11-13,15-18,23H,9-10,14H2,1-2H3;3-8,11-13,16-18,23,36H,9-10,14H2,1-2H3;3-8,11-14,16-18,23H,9-10H2,1-2H3;5-6,8-10,12-13H,3-4,7H2,1-2H3;32*1H/t3*18-,23-,29-;10-,12?,13-,18-;;;;;;;;;;;;;;;;;;;;;;;;;;;;;;;;/m1111................................/s1/i;;;;32*1+2T. The molecule has 12 aromatic heterocycles. The van der Waals surface area contributed by atoms with Crippen molar-refractivity contribution in [3.05, 3.63) is 318 Å². The Hall–Kier alpha value is -15.3. The average Bonchev–Trinajstić information content (AvgIpc) is 1.55. The molecule has 1 fully saturated rings. The van der Waals surface area contributed by atoms with Gasteiger partial charge < -0.3 is 14.2 Å². The van der Waals surface area contributed by atoms with Gasteiger partial charge in [-0.2, -0.15) is 25.8 Å². The molecule has 12 heterocycles. The molecule has 720 valence electrons. The lowest BCUT2D eigenvalue weighted by Gasteiger charge is -2.47. The number of aromatic nitrogens is 19. The molecule has 23 rings (SSSR count). The number of nitriles is 2. The molecular weight excluding hydrogens is 1650 g/mol. The highest BCUT2D eigenvalue weighted by Crippen LogP contribution is 2.59. The molecule has 0 amide bonds. The first-order chi connectivity index (χ1) is 96.2. The first-order valence-corrected chi connectivity index (χ1v) is 45.1. The maximum atomic E-state index is 13.3. The zero-order chi connectivity index (χ0) is 155. The second kappa shape index (κ2) is 34.3. The van der Waals surface area contributed by atoms with Crippen molar-refractivity contribution >= 4 is 17.3 Å². The lowest BCUT2D eigenvalue weighted by atomic mass is 9.54. The fourth-order valence-corrected chi connectivity index (χ4v) is 23.4. The molecule has 27 heteroatoms. The van der Waals surface area contributed by atoms with Crippen molar-refractivity contribution in [2.24, 2.45) is 46.8 Å². The number of pyridine rings is 3. The Kier molecular flexibility index (Phi) is 14.5. The van der Waals surface area contributed by atoms with E-state index in [9.17, 15) is 30.0 Å². The van der Waals surface area contributed by atoms with Gasteiger partial charge in [0.2, 0.25) is 0 Å². The Bertz CT molecular complexity index is 7210. The Morgan fingerprint density at radius 3 is 1.27 bits per heavy atom. The summed E-state index contributed by atoms with van der Waals surface area (Å²) in [6.45, 7) is 17.1. The van der Waals surface area contributed by atoms with E-state index in [1.807, 2.05) is 182 Å². The highest BCUT2D eigenvalue weighted by atomic mass is 16.5. The Labute approximate surface area is 861 Å². The van der Waals surface area contributed by atoms with Gasteiger partial charge in [0.1, 0.15) is 77.2 Å². The van der Waals surface area contributed by atoms with Crippen LogP contribution >= 0.6 is 0 Å². The van der Waals surface area contributed by atoms with Crippen LogP contribution in [0.5, 0.6) is 0 Å². The summed E-state index contributed by atoms with van der Waals surface area (Å²) in [5.74, 6) is 2.27. The van der Waals surface area contributed by atoms with E-state index in [0.717, 1.165) is 176 Å². The van der Waals surface area contributed by atoms with E-state index in [2.05, 4.69) is 126 Å². The molecular formula is C105H159N21O6. The fraction of sp³-hybridized carbons (Fsp3) is 0.305. The van der Waals surface area contributed by atoms with Gasteiger partial charge in [-0.05, 0) is 155 Å². The number of hydrogen-bond acceptors (Lipinski definition) is 24. The molecule has 1 saturated carbocycles. The van der Waals surface area contributed by atoms with Crippen molar-refractivity contribution < 1.29 is 124 Å². The number of aliphatic hydroxyl groups excluding tert-OH is 1. The van der Waals surface area contributed by atoms with Crippen LogP contribution in [0.2, 0.25) is 0 Å². The van der Waals surface area contributed by atoms with Crippen LogP contribution in [0.1, 0.15) is 268 Å². The number of carbonyl (C=O) groups is 3. The summed E-state index contributed by atoms with van der Waals surface area (Å²) in [5, 5.41) is 53.7. The van der Waals surface area contributed by atoms with Crippen LogP contribution in [-0.2, 0) is 57.9 Å². The normalized spacial score (nSPS) is 26.4. The van der Waals surface area contributed by atoms with Crippen LogP contribution in [0, 0.1) is 69.5 Å². The molecule has 0 aliphatic heterocycles. The summed E-state index contributed by atoms with van der Waals surface area (Å²) < 4.78 is 337. The molecule has 0 radical (unpaired) electrons. The predicted molar refractivity (Wildman–Crippen MR) is 558 cm³/mol. The second-order valence-electron chi connectivity index (χ2n) is 37.0. The molecule has 27 nitrogen and oxygen atoms in total. The van der Waals surface area contributed by atoms with Crippen LogP contribution < -0.4 is 0 Å². The quantitative estimate of drug-likeness (QED) is 0.0928. The maximum absolute atomic E-state index is 13.3. The number of Topliss-reactive ketones (excluding diaryl/α,β-unsaturated/α-hetero) is 3. The largest absolute Gasteiger partial charge is 0.511 e. The second-order valence-corrected chi connectivity index (χ2v) is 37.0. The molecule has 13 atom stereocenters. The Morgan fingerprint density at radius 1 is 0.439 bits per heavy atom.